The Balaban J connectivity index is 2.06. The average Bonchev–Trinajstić information content (AvgIpc) is 3.05. The normalized spacial score (nSPS) is 15.0. The van der Waals surface area contributed by atoms with Crippen molar-refractivity contribution >= 4 is 22.6 Å². The first-order valence-corrected chi connectivity index (χ1v) is 11.2. The van der Waals surface area contributed by atoms with Gasteiger partial charge in [0, 0.05) is 0 Å². The van der Waals surface area contributed by atoms with Gasteiger partial charge in [0.15, 0.2) is 0 Å². The first-order valence-electron chi connectivity index (χ1n) is 8.16. The van der Waals surface area contributed by atoms with Crippen LogP contribution in [0.4, 0.5) is 0 Å². The van der Waals surface area contributed by atoms with Crippen LogP contribution in [-0.4, -0.2) is 44.2 Å². The van der Waals surface area contributed by atoms with E-state index in [4.69, 9.17) is 23.0 Å². The summed E-state index contributed by atoms with van der Waals surface area (Å²) in [5.41, 5.74) is 1.05. The second-order valence-electron chi connectivity index (χ2n) is 5.94. The summed E-state index contributed by atoms with van der Waals surface area (Å²) < 4.78 is 45.5. The van der Waals surface area contributed by atoms with E-state index in [1.807, 2.05) is 13.8 Å². The van der Waals surface area contributed by atoms with Gasteiger partial charge in [-0.3, -0.25) is 0 Å². The Labute approximate surface area is 158 Å². The second kappa shape index (κ2) is 7.33. The zero-order valence-corrected chi connectivity index (χ0v) is 17.9. The van der Waals surface area contributed by atoms with E-state index in [9.17, 15) is 4.57 Å². The van der Waals surface area contributed by atoms with Crippen molar-refractivity contribution in [3.8, 4) is 28.5 Å². The van der Waals surface area contributed by atoms with E-state index in [0.717, 1.165) is 15.7 Å². The fourth-order valence-corrected chi connectivity index (χ4v) is 5.32. The Morgan fingerprint density at radius 2 is 1.88 bits per heavy atom. The molecule has 1 aromatic carbocycles. The third kappa shape index (κ3) is 3.55. The molecule has 2 aromatic rings. The minimum absolute atomic E-state index is 0.0848. The number of benzene rings is 1. The van der Waals surface area contributed by atoms with E-state index in [1.165, 1.54) is 7.11 Å². The molecular formula is C16H21N2O6PSe. The Hall–Kier alpha value is -1.37. The zero-order valence-electron chi connectivity index (χ0n) is 15.3. The summed E-state index contributed by atoms with van der Waals surface area (Å²) in [5, 5.41) is 4.29. The van der Waals surface area contributed by atoms with Crippen molar-refractivity contribution < 1.29 is 27.6 Å². The topological polar surface area (TPSA) is 89.0 Å². The fraction of sp³-hybridized carbons (Fsp3) is 0.500. The number of hydrogen-bond acceptors (Lipinski definition) is 8. The van der Waals surface area contributed by atoms with Crippen LogP contribution in [0.2, 0.25) is 0 Å². The molecule has 0 bridgehead atoms. The molecular weight excluding hydrogens is 426 g/mol. The number of phosphoric acid groups is 1. The number of phosphoric ester groups is 1. The third-order valence-corrected chi connectivity index (χ3v) is 7.44. The summed E-state index contributed by atoms with van der Waals surface area (Å²) in [6, 6.07) is 3.38. The van der Waals surface area contributed by atoms with Crippen LogP contribution in [0.15, 0.2) is 12.1 Å². The molecule has 2 heterocycles. The first-order chi connectivity index (χ1) is 12.3. The average molecular weight is 447 g/mol. The predicted molar refractivity (Wildman–Crippen MR) is 96.1 cm³/mol. The third-order valence-electron chi connectivity index (χ3n) is 3.71. The minimum atomic E-state index is -3.76. The zero-order chi connectivity index (χ0) is 18.9. The molecule has 0 unspecified atom stereocenters. The van der Waals surface area contributed by atoms with E-state index >= 15 is 0 Å². The van der Waals surface area contributed by atoms with Crippen LogP contribution in [0, 0.1) is 0 Å². The van der Waals surface area contributed by atoms with E-state index in [2.05, 4.69) is 9.19 Å². The number of methoxy groups -OCH3 is 1. The van der Waals surface area contributed by atoms with Gasteiger partial charge in [-0.1, -0.05) is 0 Å². The van der Waals surface area contributed by atoms with Crippen LogP contribution in [0.5, 0.6) is 17.2 Å². The number of ether oxygens (including phenoxy) is 2. The molecule has 0 atom stereocenters. The predicted octanol–water partition coefficient (Wildman–Crippen LogP) is 3.40. The van der Waals surface area contributed by atoms with Crippen molar-refractivity contribution in [1.29, 1.82) is 0 Å². The molecule has 3 rings (SSSR count). The Morgan fingerprint density at radius 1 is 1.19 bits per heavy atom. The van der Waals surface area contributed by atoms with Gasteiger partial charge in [-0.25, -0.2) is 0 Å². The standard InChI is InChI=1S/C16H21N2O6PSe/c1-6-21-25(19,22-7-2)24-13-9-11-10(8-12(13)20-5)14-15(26-18-17-14)16(3,4)23-11/h8-9H,6-7H2,1-5H3. The quantitative estimate of drug-likeness (QED) is 0.472. The maximum atomic E-state index is 12.7. The molecule has 26 heavy (non-hydrogen) atoms. The number of nitrogens with zero attached hydrogens (tertiary/aromatic N) is 2. The molecule has 0 saturated carbocycles. The molecule has 0 fully saturated rings. The number of fused-ring (bicyclic) bond motifs is 3. The van der Waals surface area contributed by atoms with Gasteiger partial charge in [0.25, 0.3) is 0 Å². The van der Waals surface area contributed by atoms with Crippen molar-refractivity contribution in [1.82, 2.24) is 9.19 Å². The van der Waals surface area contributed by atoms with Gasteiger partial charge in [0.2, 0.25) is 0 Å². The fourth-order valence-electron chi connectivity index (χ4n) is 2.65. The molecule has 0 spiro atoms. The van der Waals surface area contributed by atoms with Gasteiger partial charge in [-0.2, -0.15) is 0 Å². The molecule has 8 nitrogen and oxygen atoms in total. The molecule has 142 valence electrons. The molecule has 10 heteroatoms. The second-order valence-corrected chi connectivity index (χ2v) is 9.11. The van der Waals surface area contributed by atoms with E-state index in [0.29, 0.717) is 11.5 Å². The number of hydrogen-bond donors (Lipinski definition) is 0. The van der Waals surface area contributed by atoms with E-state index in [1.54, 1.807) is 26.0 Å². The van der Waals surface area contributed by atoms with Crippen LogP contribution < -0.4 is 14.0 Å². The Bertz CT molecular complexity index is 843. The summed E-state index contributed by atoms with van der Waals surface area (Å²) >= 11 is -0.0848. The molecule has 0 radical (unpaired) electrons. The monoisotopic (exact) mass is 448 g/mol. The van der Waals surface area contributed by atoms with Crippen molar-refractivity contribution in [2.75, 3.05) is 20.3 Å². The molecule has 0 saturated heterocycles. The maximum absolute atomic E-state index is 12.7. The molecule has 0 amide bonds. The van der Waals surface area contributed by atoms with E-state index < -0.39 is 13.4 Å². The summed E-state index contributed by atoms with van der Waals surface area (Å²) in [5.74, 6) is 1.16. The molecule has 1 aliphatic heterocycles. The van der Waals surface area contributed by atoms with Crippen LogP contribution in [0.1, 0.15) is 32.1 Å². The van der Waals surface area contributed by atoms with Crippen LogP contribution >= 0.6 is 7.82 Å². The molecule has 0 aliphatic carbocycles. The van der Waals surface area contributed by atoms with Crippen molar-refractivity contribution in [3.63, 3.8) is 0 Å². The number of rotatable bonds is 7. The van der Waals surface area contributed by atoms with Crippen LogP contribution in [0.3, 0.4) is 0 Å². The SMILES string of the molecule is CCOP(=O)(OCC)Oc1cc2c(cc1OC)-c1nn[se]c1C(C)(C)O2. The van der Waals surface area contributed by atoms with Gasteiger partial charge in [0.1, 0.15) is 0 Å². The number of aromatic nitrogens is 2. The first kappa shape index (κ1) is 19.4. The van der Waals surface area contributed by atoms with Crippen LogP contribution in [-0.2, 0) is 19.2 Å². The molecule has 0 N–H and O–H groups in total. The van der Waals surface area contributed by atoms with Gasteiger partial charge in [-0.15, -0.1) is 0 Å². The van der Waals surface area contributed by atoms with Gasteiger partial charge < -0.3 is 0 Å². The van der Waals surface area contributed by atoms with Crippen molar-refractivity contribution in [2.45, 2.75) is 33.3 Å². The Morgan fingerprint density at radius 3 is 2.50 bits per heavy atom. The van der Waals surface area contributed by atoms with Crippen molar-refractivity contribution in [2.24, 2.45) is 0 Å². The van der Waals surface area contributed by atoms with Crippen LogP contribution in [0.25, 0.3) is 11.3 Å². The van der Waals surface area contributed by atoms with Gasteiger partial charge >= 0.3 is 158 Å². The molecule has 1 aliphatic rings. The summed E-state index contributed by atoms with van der Waals surface area (Å²) in [6.45, 7) is 7.75. The molecule has 1 aromatic heterocycles. The van der Waals surface area contributed by atoms with Gasteiger partial charge in [-0.05, 0) is 0 Å². The van der Waals surface area contributed by atoms with Crippen molar-refractivity contribution in [3.05, 3.63) is 16.6 Å². The Kier molecular flexibility index (Phi) is 5.47. The van der Waals surface area contributed by atoms with E-state index in [-0.39, 0.29) is 33.7 Å². The summed E-state index contributed by atoms with van der Waals surface area (Å²) in [6.07, 6.45) is 0. The van der Waals surface area contributed by atoms with Gasteiger partial charge in [0.05, 0.1) is 0 Å². The summed E-state index contributed by atoms with van der Waals surface area (Å²) in [4.78, 5) is 0. The summed E-state index contributed by atoms with van der Waals surface area (Å²) in [7, 11) is -2.25.